The van der Waals surface area contributed by atoms with Crippen LogP contribution in [0.4, 0.5) is 14.9 Å². The van der Waals surface area contributed by atoms with Crippen molar-refractivity contribution in [2.75, 3.05) is 24.2 Å². The zero-order valence-electron chi connectivity index (χ0n) is 15.1. The molecule has 0 aliphatic carbocycles. The SMILES string of the molecule is CSCc1cc(-c2ccc(N3CC(CNC(C)=O)OC3=O)cc2F)ccn1. The first-order chi connectivity index (χ1) is 13.0. The minimum atomic E-state index is -0.552. The summed E-state index contributed by atoms with van der Waals surface area (Å²) in [4.78, 5) is 28.7. The number of carbonyl (C=O) groups excluding carboxylic acids is 2. The van der Waals surface area contributed by atoms with E-state index in [0.717, 1.165) is 17.0 Å². The number of cyclic esters (lactones) is 1. The average molecular weight is 389 g/mol. The maximum atomic E-state index is 14.7. The van der Waals surface area contributed by atoms with Crippen LogP contribution in [0.15, 0.2) is 36.5 Å². The van der Waals surface area contributed by atoms with Crippen LogP contribution in [-0.4, -0.2) is 42.4 Å². The molecular formula is C19H20FN3O3S. The van der Waals surface area contributed by atoms with Crippen LogP contribution in [0, 0.1) is 5.82 Å². The summed E-state index contributed by atoms with van der Waals surface area (Å²) in [6, 6.07) is 8.29. The third-order valence-corrected chi connectivity index (χ3v) is 4.72. The summed E-state index contributed by atoms with van der Waals surface area (Å²) in [7, 11) is 0. The van der Waals surface area contributed by atoms with Gasteiger partial charge in [-0.2, -0.15) is 11.8 Å². The van der Waals surface area contributed by atoms with Crippen LogP contribution in [0.25, 0.3) is 11.1 Å². The molecule has 1 N–H and O–H groups in total. The van der Waals surface area contributed by atoms with Gasteiger partial charge >= 0.3 is 6.09 Å². The van der Waals surface area contributed by atoms with Crippen molar-refractivity contribution in [2.45, 2.75) is 18.8 Å². The molecule has 1 fully saturated rings. The van der Waals surface area contributed by atoms with Gasteiger partial charge < -0.3 is 10.1 Å². The van der Waals surface area contributed by atoms with Gasteiger partial charge in [0, 0.05) is 24.4 Å². The minimum absolute atomic E-state index is 0.196. The van der Waals surface area contributed by atoms with E-state index in [-0.39, 0.29) is 19.0 Å². The first-order valence-electron chi connectivity index (χ1n) is 8.44. The highest BCUT2D eigenvalue weighted by Crippen LogP contribution is 2.29. The number of anilines is 1. The summed E-state index contributed by atoms with van der Waals surface area (Å²) in [6.07, 6.45) is 2.64. The molecule has 2 aromatic rings. The van der Waals surface area contributed by atoms with Crippen molar-refractivity contribution in [3.05, 3.63) is 48.0 Å². The first-order valence-corrected chi connectivity index (χ1v) is 9.83. The van der Waals surface area contributed by atoms with Gasteiger partial charge in [-0.1, -0.05) is 0 Å². The number of hydrogen-bond donors (Lipinski definition) is 1. The number of nitrogens with one attached hydrogen (secondary N) is 1. The van der Waals surface area contributed by atoms with E-state index in [9.17, 15) is 14.0 Å². The third kappa shape index (κ3) is 4.57. The smallest absolute Gasteiger partial charge is 0.414 e. The molecule has 1 saturated heterocycles. The van der Waals surface area contributed by atoms with E-state index in [1.165, 1.54) is 17.9 Å². The molecule has 6 nitrogen and oxygen atoms in total. The zero-order valence-corrected chi connectivity index (χ0v) is 15.9. The summed E-state index contributed by atoms with van der Waals surface area (Å²) in [5.41, 5.74) is 2.49. The van der Waals surface area contributed by atoms with E-state index in [4.69, 9.17) is 4.74 Å². The fourth-order valence-electron chi connectivity index (χ4n) is 2.87. The van der Waals surface area contributed by atoms with Crippen molar-refractivity contribution in [1.29, 1.82) is 0 Å². The van der Waals surface area contributed by atoms with Crippen LogP contribution >= 0.6 is 11.8 Å². The molecule has 1 atom stereocenters. The molecule has 1 aromatic heterocycles. The van der Waals surface area contributed by atoms with Crippen LogP contribution in [0.1, 0.15) is 12.6 Å². The lowest BCUT2D eigenvalue weighted by molar-refractivity contribution is -0.119. The largest absolute Gasteiger partial charge is 0.442 e. The third-order valence-electron chi connectivity index (χ3n) is 4.14. The normalized spacial score (nSPS) is 16.3. The molecule has 1 unspecified atom stereocenters. The van der Waals surface area contributed by atoms with Crippen LogP contribution in [0.5, 0.6) is 0 Å². The van der Waals surface area contributed by atoms with Crippen LogP contribution in [0.3, 0.4) is 0 Å². The van der Waals surface area contributed by atoms with Gasteiger partial charge in [0.25, 0.3) is 0 Å². The Balaban J connectivity index is 1.78. The van der Waals surface area contributed by atoms with Gasteiger partial charge in [-0.05, 0) is 42.2 Å². The lowest BCUT2D eigenvalue weighted by Gasteiger charge is -2.14. The molecule has 1 aromatic carbocycles. The van der Waals surface area contributed by atoms with Gasteiger partial charge in [0.2, 0.25) is 5.91 Å². The summed E-state index contributed by atoms with van der Waals surface area (Å²) in [5, 5.41) is 2.61. The molecule has 0 bridgehead atoms. The Morgan fingerprint density at radius 3 is 2.93 bits per heavy atom. The van der Waals surface area contributed by atoms with Crippen molar-refractivity contribution in [3.8, 4) is 11.1 Å². The second-order valence-corrected chi connectivity index (χ2v) is 7.05. The predicted molar refractivity (Wildman–Crippen MR) is 103 cm³/mol. The molecule has 1 aliphatic rings. The molecule has 3 rings (SSSR count). The van der Waals surface area contributed by atoms with Gasteiger partial charge in [0.1, 0.15) is 11.9 Å². The van der Waals surface area contributed by atoms with E-state index in [2.05, 4.69) is 10.3 Å². The molecule has 0 spiro atoms. The van der Waals surface area contributed by atoms with E-state index in [0.29, 0.717) is 11.3 Å². The van der Waals surface area contributed by atoms with Gasteiger partial charge in [0.15, 0.2) is 0 Å². The van der Waals surface area contributed by atoms with E-state index >= 15 is 0 Å². The number of halogens is 1. The van der Waals surface area contributed by atoms with Crippen molar-refractivity contribution < 1.29 is 18.7 Å². The Labute approximate surface area is 161 Å². The summed E-state index contributed by atoms with van der Waals surface area (Å²) < 4.78 is 19.9. The number of aromatic nitrogens is 1. The Kier molecular flexibility index (Phi) is 5.95. The number of rotatable bonds is 6. The second-order valence-electron chi connectivity index (χ2n) is 6.19. The van der Waals surface area contributed by atoms with Crippen LogP contribution in [-0.2, 0) is 15.3 Å². The number of benzene rings is 1. The van der Waals surface area contributed by atoms with Gasteiger partial charge in [-0.25, -0.2) is 9.18 Å². The number of ether oxygens (including phenoxy) is 1. The minimum Gasteiger partial charge on any atom is -0.442 e. The predicted octanol–water partition coefficient (Wildman–Crippen LogP) is 3.21. The highest BCUT2D eigenvalue weighted by Gasteiger charge is 2.32. The zero-order chi connectivity index (χ0) is 19.4. The highest BCUT2D eigenvalue weighted by atomic mass is 32.2. The maximum Gasteiger partial charge on any atom is 0.414 e. The summed E-state index contributed by atoms with van der Waals surface area (Å²) in [5.74, 6) is 0.132. The number of nitrogens with zero attached hydrogens (tertiary/aromatic N) is 2. The van der Waals surface area contributed by atoms with E-state index in [1.807, 2.05) is 12.3 Å². The van der Waals surface area contributed by atoms with Crippen molar-refractivity contribution >= 4 is 29.4 Å². The molecule has 0 saturated carbocycles. The average Bonchev–Trinajstić information content (AvgIpc) is 3.01. The van der Waals surface area contributed by atoms with Gasteiger partial charge in [-0.15, -0.1) is 0 Å². The molecule has 142 valence electrons. The Morgan fingerprint density at radius 2 is 2.22 bits per heavy atom. The van der Waals surface area contributed by atoms with E-state index < -0.39 is 18.0 Å². The lowest BCUT2D eigenvalue weighted by atomic mass is 10.0. The standard InChI is InChI=1S/C19H20FN3O3S/c1-12(24)22-9-16-10-23(19(25)26-16)15-3-4-17(18(20)8-15)13-5-6-21-14(7-13)11-27-2/h3-8,16H,9-11H2,1-2H3,(H,22,24). The molecule has 2 heterocycles. The second kappa shape index (κ2) is 8.39. The fraction of sp³-hybridized carbons (Fsp3) is 0.316. The molecule has 8 heteroatoms. The van der Waals surface area contributed by atoms with Gasteiger partial charge in [0.05, 0.1) is 24.5 Å². The molecule has 1 aliphatic heterocycles. The quantitative estimate of drug-likeness (QED) is 0.821. The number of pyridine rings is 1. The number of thioether (sulfide) groups is 1. The highest BCUT2D eigenvalue weighted by molar-refractivity contribution is 7.97. The first kappa shape index (κ1) is 19.2. The van der Waals surface area contributed by atoms with Crippen molar-refractivity contribution in [3.63, 3.8) is 0 Å². The monoisotopic (exact) mass is 389 g/mol. The number of hydrogen-bond acceptors (Lipinski definition) is 5. The summed E-state index contributed by atoms with van der Waals surface area (Å²) >= 11 is 1.65. The summed E-state index contributed by atoms with van der Waals surface area (Å²) in [6.45, 7) is 1.88. The number of carbonyl (C=O) groups is 2. The molecule has 2 amide bonds. The molecule has 0 radical (unpaired) electrons. The van der Waals surface area contributed by atoms with E-state index in [1.54, 1.807) is 36.2 Å². The Hall–Kier alpha value is -2.61. The lowest BCUT2D eigenvalue weighted by Crippen LogP contribution is -2.33. The number of amides is 2. The Morgan fingerprint density at radius 1 is 1.41 bits per heavy atom. The fourth-order valence-corrected chi connectivity index (χ4v) is 3.33. The van der Waals surface area contributed by atoms with Gasteiger partial charge in [-0.3, -0.25) is 14.7 Å². The molecule has 27 heavy (non-hydrogen) atoms. The van der Waals surface area contributed by atoms with Crippen molar-refractivity contribution in [1.82, 2.24) is 10.3 Å². The maximum absolute atomic E-state index is 14.7. The Bertz CT molecular complexity index is 862. The van der Waals surface area contributed by atoms with Crippen LogP contribution < -0.4 is 10.2 Å². The van der Waals surface area contributed by atoms with Crippen LogP contribution in [0.2, 0.25) is 0 Å². The molecular weight excluding hydrogens is 369 g/mol. The van der Waals surface area contributed by atoms with Crippen molar-refractivity contribution in [2.24, 2.45) is 0 Å². The topological polar surface area (TPSA) is 71.5 Å².